The first-order valence-electron chi connectivity index (χ1n) is 18.6. The lowest BCUT2D eigenvalue weighted by Gasteiger charge is -2.64. The van der Waals surface area contributed by atoms with Crippen molar-refractivity contribution in [1.29, 1.82) is 0 Å². The van der Waals surface area contributed by atoms with Crippen LogP contribution in [0.15, 0.2) is 0 Å². The molecule has 7 heteroatoms. The van der Waals surface area contributed by atoms with Gasteiger partial charge >= 0.3 is 0 Å². The SMILES string of the molecule is C[C@@H]1CC(C(=O)C(C)(C)C)OC2C1C1(C)CCC34CC35CCC(OC3CN(C6COC6)CCO3)C(C)(C)C5CCC4[C@]1(C)[C@H]2O. The van der Waals surface area contributed by atoms with Crippen LogP contribution in [0.4, 0.5) is 0 Å². The van der Waals surface area contributed by atoms with Gasteiger partial charge in [0, 0.05) is 17.4 Å². The molecular weight excluding hydrogens is 566 g/mol. The van der Waals surface area contributed by atoms with Crippen molar-refractivity contribution in [3.05, 3.63) is 0 Å². The molecule has 0 aromatic heterocycles. The Hall–Kier alpha value is -0.570. The Morgan fingerprint density at radius 1 is 0.978 bits per heavy atom. The summed E-state index contributed by atoms with van der Waals surface area (Å²) in [6.07, 6.45) is 8.15. The molecule has 3 aliphatic heterocycles. The fourth-order valence-corrected chi connectivity index (χ4v) is 13.8. The second kappa shape index (κ2) is 10.00. The highest BCUT2D eigenvalue weighted by atomic mass is 16.7. The van der Waals surface area contributed by atoms with Crippen molar-refractivity contribution in [3.63, 3.8) is 0 Å². The van der Waals surface area contributed by atoms with Crippen LogP contribution in [0, 0.1) is 56.2 Å². The minimum atomic E-state index is -0.526. The van der Waals surface area contributed by atoms with E-state index < -0.39 is 17.6 Å². The highest BCUT2D eigenvalue weighted by Crippen LogP contribution is 2.89. The van der Waals surface area contributed by atoms with Crippen LogP contribution in [0.2, 0.25) is 0 Å². The molecule has 254 valence electrons. The molecular formula is C38H61NO6. The number of carbonyl (C=O) groups is 1. The van der Waals surface area contributed by atoms with Gasteiger partial charge in [-0.3, -0.25) is 9.69 Å². The van der Waals surface area contributed by atoms with Crippen LogP contribution in [-0.4, -0.2) is 85.4 Å². The van der Waals surface area contributed by atoms with Gasteiger partial charge in [-0.05, 0) is 96.7 Å². The predicted octanol–water partition coefficient (Wildman–Crippen LogP) is 5.86. The van der Waals surface area contributed by atoms with E-state index in [1.165, 1.54) is 32.1 Å². The number of aliphatic hydroxyl groups is 1. The number of rotatable bonds is 4. The zero-order chi connectivity index (χ0) is 31.9. The Morgan fingerprint density at radius 3 is 2.38 bits per heavy atom. The Balaban J connectivity index is 1.03. The maximum absolute atomic E-state index is 13.4. The van der Waals surface area contributed by atoms with Gasteiger partial charge in [-0.2, -0.15) is 0 Å². The molecule has 0 aromatic carbocycles. The van der Waals surface area contributed by atoms with E-state index in [-0.39, 0.29) is 40.5 Å². The average Bonchev–Trinajstić information content (AvgIpc) is 3.57. The average molecular weight is 628 g/mol. The van der Waals surface area contributed by atoms with E-state index >= 15 is 0 Å². The smallest absolute Gasteiger partial charge is 0.170 e. The van der Waals surface area contributed by atoms with Crippen molar-refractivity contribution in [2.75, 3.05) is 32.9 Å². The molecule has 8 aliphatic rings. The van der Waals surface area contributed by atoms with Crippen LogP contribution in [-0.2, 0) is 23.7 Å². The van der Waals surface area contributed by atoms with Gasteiger partial charge in [0.1, 0.15) is 6.10 Å². The van der Waals surface area contributed by atoms with Crippen LogP contribution < -0.4 is 0 Å². The van der Waals surface area contributed by atoms with Gasteiger partial charge < -0.3 is 24.1 Å². The molecule has 2 spiro atoms. The first-order chi connectivity index (χ1) is 21.1. The Bertz CT molecular complexity index is 1210. The number of ketones is 1. The summed E-state index contributed by atoms with van der Waals surface area (Å²) in [5.74, 6) is 1.99. The number of carbonyl (C=O) groups excluding carboxylic acids is 1. The fraction of sp³-hybridized carbons (Fsp3) is 0.974. The van der Waals surface area contributed by atoms with Crippen molar-refractivity contribution in [2.24, 2.45) is 56.2 Å². The quantitative estimate of drug-likeness (QED) is 0.419. The van der Waals surface area contributed by atoms with Crippen molar-refractivity contribution < 1.29 is 28.8 Å². The maximum atomic E-state index is 13.4. The minimum absolute atomic E-state index is 0.0181. The highest BCUT2D eigenvalue weighted by molar-refractivity contribution is 5.88. The summed E-state index contributed by atoms with van der Waals surface area (Å²) in [5.41, 5.74) is 0.132. The molecule has 5 aliphatic carbocycles. The zero-order valence-corrected chi connectivity index (χ0v) is 29.4. The van der Waals surface area contributed by atoms with E-state index in [4.69, 9.17) is 18.9 Å². The van der Waals surface area contributed by atoms with Gasteiger partial charge in [0.25, 0.3) is 0 Å². The number of Topliss-reactive ketones (excluding diaryl/α,β-unsaturated/α-hetero) is 1. The van der Waals surface area contributed by atoms with Crippen molar-refractivity contribution in [2.45, 2.75) is 144 Å². The molecule has 3 heterocycles. The van der Waals surface area contributed by atoms with Gasteiger partial charge in [0.15, 0.2) is 12.1 Å². The predicted molar refractivity (Wildman–Crippen MR) is 171 cm³/mol. The summed E-state index contributed by atoms with van der Waals surface area (Å²) in [5, 5.41) is 12.5. The number of aliphatic hydroxyl groups excluding tert-OH is 1. The van der Waals surface area contributed by atoms with Gasteiger partial charge in [-0.25, -0.2) is 0 Å². The summed E-state index contributed by atoms with van der Waals surface area (Å²) >= 11 is 0. The van der Waals surface area contributed by atoms with Crippen LogP contribution in [0.5, 0.6) is 0 Å². The molecule has 10 unspecified atom stereocenters. The summed E-state index contributed by atoms with van der Waals surface area (Å²) in [4.78, 5) is 15.9. The van der Waals surface area contributed by atoms with Gasteiger partial charge in [-0.1, -0.05) is 55.4 Å². The molecule has 7 nitrogen and oxygen atoms in total. The lowest BCUT2D eigenvalue weighted by atomic mass is 9.41. The molecule has 13 atom stereocenters. The second-order valence-corrected chi connectivity index (χ2v) is 19.2. The molecule has 5 saturated carbocycles. The molecule has 1 N–H and O–H groups in total. The first-order valence-corrected chi connectivity index (χ1v) is 18.6. The first kappa shape index (κ1) is 31.7. The van der Waals surface area contributed by atoms with Gasteiger partial charge in [-0.15, -0.1) is 0 Å². The fourth-order valence-electron chi connectivity index (χ4n) is 13.8. The molecule has 0 aromatic rings. The monoisotopic (exact) mass is 627 g/mol. The maximum Gasteiger partial charge on any atom is 0.170 e. The Kier molecular flexibility index (Phi) is 7.04. The number of nitrogens with zero attached hydrogens (tertiary/aromatic N) is 1. The number of ether oxygens (including phenoxy) is 4. The summed E-state index contributed by atoms with van der Waals surface area (Å²) in [6.45, 7) is 22.5. The van der Waals surface area contributed by atoms with Crippen LogP contribution in [0.25, 0.3) is 0 Å². The Morgan fingerprint density at radius 2 is 1.69 bits per heavy atom. The largest absolute Gasteiger partial charge is 0.390 e. The van der Waals surface area contributed by atoms with Gasteiger partial charge in [0.05, 0.1) is 50.7 Å². The zero-order valence-electron chi connectivity index (χ0n) is 29.4. The number of morpholine rings is 1. The number of fused-ring (bicyclic) bond motifs is 4. The lowest BCUT2D eigenvalue weighted by Crippen LogP contribution is -2.60. The molecule has 0 amide bonds. The highest BCUT2D eigenvalue weighted by Gasteiger charge is 2.84. The van der Waals surface area contributed by atoms with E-state index in [9.17, 15) is 9.90 Å². The molecule has 3 saturated heterocycles. The normalized spacial score (nSPS) is 54.1. The molecule has 0 radical (unpaired) electrons. The van der Waals surface area contributed by atoms with Crippen molar-refractivity contribution in [1.82, 2.24) is 4.90 Å². The summed E-state index contributed by atoms with van der Waals surface area (Å²) in [7, 11) is 0. The van der Waals surface area contributed by atoms with Crippen LogP contribution in [0.1, 0.15) is 107 Å². The third-order valence-electron chi connectivity index (χ3n) is 16.3. The van der Waals surface area contributed by atoms with E-state index in [0.29, 0.717) is 40.5 Å². The topological polar surface area (TPSA) is 77.5 Å². The minimum Gasteiger partial charge on any atom is -0.390 e. The second-order valence-electron chi connectivity index (χ2n) is 19.2. The van der Waals surface area contributed by atoms with E-state index in [0.717, 1.165) is 52.2 Å². The third-order valence-corrected chi connectivity index (χ3v) is 16.3. The molecule has 8 fully saturated rings. The Labute approximate surface area is 271 Å². The molecule has 8 rings (SSSR count). The standard InChI is InChI=1S/C38H61NO6/c1-22-17-24(31(40)33(2,3)4)44-30-29(22)35(7)13-14-38-21-37(38)12-11-27(45-28-18-39(15-16-43-28)23-19-42-20-23)34(5,6)25(37)9-10-26(38)36(35,8)32(30)41/h22-30,32,41H,9-21H2,1-8H3/t22-,24?,25?,26?,27?,28?,29?,30?,32+,35?,36-,37?,38?/m1/s1. The summed E-state index contributed by atoms with van der Waals surface area (Å²) < 4.78 is 25.3. The van der Waals surface area contributed by atoms with Gasteiger partial charge in [0.2, 0.25) is 0 Å². The molecule has 45 heavy (non-hydrogen) atoms. The lowest BCUT2D eigenvalue weighted by molar-refractivity contribution is -0.256. The third kappa shape index (κ3) is 4.06. The van der Waals surface area contributed by atoms with E-state index in [1.54, 1.807) is 0 Å². The van der Waals surface area contributed by atoms with Crippen molar-refractivity contribution >= 4 is 5.78 Å². The molecule has 0 bridgehead atoms. The van der Waals surface area contributed by atoms with Crippen molar-refractivity contribution in [3.8, 4) is 0 Å². The van der Waals surface area contributed by atoms with Crippen LogP contribution in [0.3, 0.4) is 0 Å². The summed E-state index contributed by atoms with van der Waals surface area (Å²) in [6, 6.07) is 0.524. The van der Waals surface area contributed by atoms with Crippen LogP contribution >= 0.6 is 0 Å². The van der Waals surface area contributed by atoms with E-state index in [2.05, 4.69) is 39.5 Å². The number of hydrogen-bond acceptors (Lipinski definition) is 7. The van der Waals surface area contributed by atoms with E-state index in [1.807, 2.05) is 20.8 Å². The number of hydrogen-bond donors (Lipinski definition) is 1.